The number of anilines is 1. The molecule has 0 aliphatic heterocycles. The van der Waals surface area contributed by atoms with Gasteiger partial charge >= 0.3 is 5.97 Å². The van der Waals surface area contributed by atoms with Crippen molar-refractivity contribution in [1.29, 1.82) is 0 Å². The predicted octanol–water partition coefficient (Wildman–Crippen LogP) is 1.71. The number of halogens is 1. The third kappa shape index (κ3) is 3.30. The number of benzene rings is 1. The Morgan fingerprint density at radius 1 is 1.38 bits per heavy atom. The van der Waals surface area contributed by atoms with Crippen molar-refractivity contribution in [2.45, 2.75) is 0 Å². The second kappa shape index (κ2) is 6.09. The lowest BCUT2D eigenvalue weighted by atomic mass is 10.1. The van der Waals surface area contributed by atoms with Gasteiger partial charge in [-0.15, -0.1) is 0 Å². The Hall–Kier alpha value is -2.15. The van der Waals surface area contributed by atoms with Crippen molar-refractivity contribution in [3.8, 4) is 0 Å². The van der Waals surface area contributed by atoms with Crippen LogP contribution in [0.3, 0.4) is 0 Å². The molecule has 0 radical (unpaired) electrons. The number of nitrogens with two attached hydrogens (primary N) is 1. The van der Waals surface area contributed by atoms with Crippen LogP contribution >= 0.6 is 15.9 Å². The second-order valence-electron chi connectivity index (χ2n) is 4.50. The van der Waals surface area contributed by atoms with Gasteiger partial charge in [-0.05, 0) is 24.3 Å². The number of pyridine rings is 1. The second-order valence-corrected chi connectivity index (χ2v) is 5.42. The summed E-state index contributed by atoms with van der Waals surface area (Å²) in [4.78, 5) is 28.8. The lowest BCUT2D eigenvalue weighted by Gasteiger charge is -2.20. The van der Waals surface area contributed by atoms with Crippen LogP contribution in [-0.4, -0.2) is 37.6 Å². The Labute approximate surface area is 130 Å². The average molecular weight is 352 g/mol. The first-order valence-electron chi connectivity index (χ1n) is 6.10. The number of nitrogens with zero attached hydrogens (tertiary/aromatic N) is 2. The van der Waals surface area contributed by atoms with Gasteiger partial charge in [0.2, 0.25) is 5.91 Å². The fraction of sp³-hybridized carbons (Fsp3) is 0.214. The molecule has 6 nitrogen and oxygen atoms in total. The standard InChI is InChI=1S/C14H14BrN3O3/c1-18(7-13(16)19)12-6-11(14(20)21-2)17-10-4-3-8(15)5-9(10)12/h3-6H,7H2,1-2H3,(H2,16,19). The summed E-state index contributed by atoms with van der Waals surface area (Å²) in [5.41, 5.74) is 6.72. The van der Waals surface area contributed by atoms with Gasteiger partial charge in [0.05, 0.1) is 19.2 Å². The fourth-order valence-electron chi connectivity index (χ4n) is 2.02. The number of fused-ring (bicyclic) bond motifs is 1. The Bertz CT molecular complexity index is 718. The quantitative estimate of drug-likeness (QED) is 0.847. The first-order chi connectivity index (χ1) is 9.92. The molecule has 0 unspecified atom stereocenters. The predicted molar refractivity (Wildman–Crippen MR) is 83.2 cm³/mol. The molecule has 1 heterocycles. The molecule has 0 fully saturated rings. The summed E-state index contributed by atoms with van der Waals surface area (Å²) in [6.45, 7) is 0.0340. The van der Waals surface area contributed by atoms with Crippen LogP contribution in [0, 0.1) is 0 Å². The van der Waals surface area contributed by atoms with Crippen LogP contribution in [-0.2, 0) is 9.53 Å². The van der Waals surface area contributed by atoms with Crippen molar-refractivity contribution in [3.63, 3.8) is 0 Å². The number of carbonyl (C=O) groups is 2. The van der Waals surface area contributed by atoms with Gasteiger partial charge in [0, 0.05) is 22.6 Å². The summed E-state index contributed by atoms with van der Waals surface area (Å²) in [6.07, 6.45) is 0. The molecule has 110 valence electrons. The lowest BCUT2D eigenvalue weighted by molar-refractivity contribution is -0.116. The van der Waals surface area contributed by atoms with E-state index >= 15 is 0 Å². The summed E-state index contributed by atoms with van der Waals surface area (Å²) in [5, 5.41) is 0.806. The minimum absolute atomic E-state index is 0.0340. The number of likely N-dealkylation sites (N-methyl/N-ethyl adjacent to an activating group) is 1. The van der Waals surface area contributed by atoms with E-state index in [4.69, 9.17) is 10.5 Å². The minimum atomic E-state index is -0.534. The molecule has 2 rings (SSSR count). The number of carbonyl (C=O) groups excluding carboxylic acids is 2. The topological polar surface area (TPSA) is 85.5 Å². The highest BCUT2D eigenvalue weighted by atomic mass is 79.9. The number of aromatic nitrogens is 1. The molecule has 0 saturated heterocycles. The smallest absolute Gasteiger partial charge is 0.356 e. The van der Waals surface area contributed by atoms with Gasteiger partial charge in [-0.1, -0.05) is 15.9 Å². The number of methoxy groups -OCH3 is 1. The fourth-order valence-corrected chi connectivity index (χ4v) is 2.39. The minimum Gasteiger partial charge on any atom is -0.464 e. The van der Waals surface area contributed by atoms with Crippen LogP contribution in [0.25, 0.3) is 10.9 Å². The number of esters is 1. The molecule has 2 N–H and O–H groups in total. The molecular formula is C14H14BrN3O3. The first-order valence-corrected chi connectivity index (χ1v) is 6.89. The Kier molecular flexibility index (Phi) is 4.42. The Morgan fingerprint density at radius 2 is 2.10 bits per heavy atom. The van der Waals surface area contributed by atoms with E-state index in [9.17, 15) is 9.59 Å². The van der Waals surface area contributed by atoms with Gasteiger partial charge in [0.15, 0.2) is 5.69 Å². The molecule has 1 aromatic heterocycles. The number of hydrogen-bond acceptors (Lipinski definition) is 5. The van der Waals surface area contributed by atoms with Crippen molar-refractivity contribution in [3.05, 3.63) is 34.4 Å². The van der Waals surface area contributed by atoms with Crippen molar-refractivity contribution < 1.29 is 14.3 Å². The maximum atomic E-state index is 11.7. The van der Waals surface area contributed by atoms with E-state index in [1.165, 1.54) is 7.11 Å². The van der Waals surface area contributed by atoms with Crippen LogP contribution in [0.1, 0.15) is 10.5 Å². The van der Waals surface area contributed by atoms with E-state index in [-0.39, 0.29) is 12.2 Å². The van der Waals surface area contributed by atoms with Gasteiger partial charge in [0.1, 0.15) is 0 Å². The molecule has 2 aromatic rings. The first kappa shape index (κ1) is 15.2. The molecule has 7 heteroatoms. The van der Waals surface area contributed by atoms with Gasteiger partial charge in [0.25, 0.3) is 0 Å². The van der Waals surface area contributed by atoms with Gasteiger partial charge < -0.3 is 15.4 Å². The van der Waals surface area contributed by atoms with Crippen molar-refractivity contribution in [1.82, 2.24) is 4.98 Å². The molecule has 0 atom stereocenters. The summed E-state index contributed by atoms with van der Waals surface area (Å²) in [6, 6.07) is 7.07. The van der Waals surface area contributed by atoms with Crippen LogP contribution in [0.4, 0.5) is 5.69 Å². The number of amides is 1. The number of hydrogen-bond donors (Lipinski definition) is 1. The van der Waals surface area contributed by atoms with E-state index in [1.807, 2.05) is 12.1 Å². The van der Waals surface area contributed by atoms with Gasteiger partial charge in [-0.3, -0.25) is 4.79 Å². The number of ether oxygens (including phenoxy) is 1. The summed E-state index contributed by atoms with van der Waals surface area (Å²) >= 11 is 3.40. The lowest BCUT2D eigenvalue weighted by Crippen LogP contribution is -2.30. The molecule has 0 aliphatic rings. The van der Waals surface area contributed by atoms with Crippen LogP contribution < -0.4 is 10.6 Å². The molecule has 1 amide bonds. The summed E-state index contributed by atoms with van der Waals surface area (Å²) in [5.74, 6) is -0.995. The third-order valence-corrected chi connectivity index (χ3v) is 3.44. The highest BCUT2D eigenvalue weighted by Crippen LogP contribution is 2.29. The monoisotopic (exact) mass is 351 g/mol. The van der Waals surface area contributed by atoms with Crippen molar-refractivity contribution in [2.75, 3.05) is 25.6 Å². The molecule has 0 spiro atoms. The Morgan fingerprint density at radius 3 is 2.71 bits per heavy atom. The number of primary amides is 1. The average Bonchev–Trinajstić information content (AvgIpc) is 2.44. The highest BCUT2D eigenvalue weighted by Gasteiger charge is 2.16. The van der Waals surface area contributed by atoms with Crippen LogP contribution in [0.15, 0.2) is 28.7 Å². The van der Waals surface area contributed by atoms with Crippen LogP contribution in [0.2, 0.25) is 0 Å². The maximum absolute atomic E-state index is 11.7. The highest BCUT2D eigenvalue weighted by molar-refractivity contribution is 9.10. The molecule has 0 aliphatic carbocycles. The zero-order chi connectivity index (χ0) is 15.6. The van der Waals surface area contributed by atoms with Crippen molar-refractivity contribution >= 4 is 44.4 Å². The summed E-state index contributed by atoms with van der Waals surface area (Å²) < 4.78 is 5.58. The van der Waals surface area contributed by atoms with E-state index in [1.54, 1.807) is 24.1 Å². The van der Waals surface area contributed by atoms with Crippen molar-refractivity contribution in [2.24, 2.45) is 5.73 Å². The Balaban J connectivity index is 2.65. The van der Waals surface area contributed by atoms with Gasteiger partial charge in [-0.2, -0.15) is 0 Å². The molecule has 0 saturated carbocycles. The molecular weight excluding hydrogens is 338 g/mol. The van der Waals surface area contributed by atoms with Gasteiger partial charge in [-0.25, -0.2) is 9.78 Å². The third-order valence-electron chi connectivity index (χ3n) is 2.95. The SMILES string of the molecule is COC(=O)c1cc(N(C)CC(N)=O)c2cc(Br)ccc2n1. The van der Waals surface area contributed by atoms with E-state index in [0.717, 1.165) is 9.86 Å². The van der Waals surface area contributed by atoms with Crippen LogP contribution in [0.5, 0.6) is 0 Å². The zero-order valence-electron chi connectivity index (χ0n) is 11.6. The molecule has 1 aromatic carbocycles. The number of rotatable bonds is 4. The van der Waals surface area contributed by atoms with E-state index in [0.29, 0.717) is 11.2 Å². The molecule has 0 bridgehead atoms. The zero-order valence-corrected chi connectivity index (χ0v) is 13.2. The summed E-state index contributed by atoms with van der Waals surface area (Å²) in [7, 11) is 3.02. The van der Waals surface area contributed by atoms with E-state index in [2.05, 4.69) is 20.9 Å². The maximum Gasteiger partial charge on any atom is 0.356 e. The normalized spacial score (nSPS) is 10.4. The molecule has 21 heavy (non-hydrogen) atoms. The van der Waals surface area contributed by atoms with E-state index < -0.39 is 11.9 Å². The largest absolute Gasteiger partial charge is 0.464 e.